The second-order valence-electron chi connectivity index (χ2n) is 5.38. The molecule has 3 rings (SSSR count). The van der Waals surface area contributed by atoms with Gasteiger partial charge in [0.15, 0.2) is 17.4 Å². The zero-order chi connectivity index (χ0) is 19.2. The number of carboxylic acids is 1. The van der Waals surface area contributed by atoms with Gasteiger partial charge in [-0.1, -0.05) is 11.8 Å². The molecule has 1 aliphatic rings. The molecule has 26 heavy (non-hydrogen) atoms. The smallest absolute Gasteiger partial charge is 0.344 e. The Bertz CT molecular complexity index is 1070. The number of aromatic nitrogens is 2. The molecular weight excluding hydrogens is 372 g/mol. The van der Waals surface area contributed by atoms with E-state index in [4.69, 9.17) is 10.2 Å². The Kier molecular flexibility index (Phi) is 4.32. The second kappa shape index (κ2) is 6.33. The first kappa shape index (κ1) is 17.7. The van der Waals surface area contributed by atoms with Crippen molar-refractivity contribution in [3.05, 3.63) is 61.3 Å². The van der Waals surface area contributed by atoms with Crippen LogP contribution in [0.3, 0.4) is 0 Å². The molecule has 0 fully saturated rings. The van der Waals surface area contributed by atoms with Crippen LogP contribution in [0.2, 0.25) is 0 Å². The summed E-state index contributed by atoms with van der Waals surface area (Å²) in [5.41, 5.74) is -1.62. The number of anilines is 1. The van der Waals surface area contributed by atoms with Gasteiger partial charge in [-0.05, 0) is 17.7 Å². The van der Waals surface area contributed by atoms with Crippen molar-refractivity contribution in [2.24, 2.45) is 7.05 Å². The Hall–Kier alpha value is -3.08. The molecule has 0 spiro atoms. The van der Waals surface area contributed by atoms with Crippen LogP contribution in [0.1, 0.15) is 5.56 Å². The SMILES string of the molecule is Cn1c2c(c(=O)n(Cc3cc(F)c(O)c(F)c3)c1=O)SC(C(=O)O)=CN2. The van der Waals surface area contributed by atoms with Gasteiger partial charge in [0.1, 0.15) is 15.6 Å². The zero-order valence-corrected chi connectivity index (χ0v) is 13.9. The highest BCUT2D eigenvalue weighted by Crippen LogP contribution is 2.33. The van der Waals surface area contributed by atoms with E-state index < -0.39 is 41.1 Å². The van der Waals surface area contributed by atoms with Crippen molar-refractivity contribution < 1.29 is 23.8 Å². The van der Waals surface area contributed by atoms with Gasteiger partial charge in [-0.3, -0.25) is 13.9 Å². The number of fused-ring (bicyclic) bond motifs is 1. The number of hydrogen-bond donors (Lipinski definition) is 3. The monoisotopic (exact) mass is 383 g/mol. The molecule has 136 valence electrons. The van der Waals surface area contributed by atoms with Gasteiger partial charge in [0, 0.05) is 13.2 Å². The van der Waals surface area contributed by atoms with E-state index in [-0.39, 0.29) is 21.2 Å². The number of nitrogens with zero attached hydrogens (tertiary/aromatic N) is 2. The molecule has 0 radical (unpaired) electrons. The second-order valence-corrected chi connectivity index (χ2v) is 6.43. The molecule has 0 bridgehead atoms. The summed E-state index contributed by atoms with van der Waals surface area (Å²) in [6, 6.07) is 1.61. The lowest BCUT2D eigenvalue weighted by atomic mass is 10.2. The van der Waals surface area contributed by atoms with Crippen LogP contribution >= 0.6 is 11.8 Å². The topological polar surface area (TPSA) is 114 Å². The number of benzene rings is 1. The van der Waals surface area contributed by atoms with Crippen molar-refractivity contribution in [2.75, 3.05) is 5.32 Å². The van der Waals surface area contributed by atoms with Gasteiger partial charge < -0.3 is 15.5 Å². The quantitative estimate of drug-likeness (QED) is 0.725. The summed E-state index contributed by atoms with van der Waals surface area (Å²) in [6.07, 6.45) is 1.16. The molecule has 2 heterocycles. The summed E-state index contributed by atoms with van der Waals surface area (Å²) in [6.45, 7) is -0.459. The number of rotatable bonds is 3. The predicted octanol–water partition coefficient (Wildman–Crippen LogP) is 1.02. The minimum atomic E-state index is -1.25. The molecule has 3 N–H and O–H groups in total. The van der Waals surface area contributed by atoms with Gasteiger partial charge in [-0.25, -0.2) is 18.4 Å². The molecule has 0 saturated heterocycles. The van der Waals surface area contributed by atoms with E-state index in [0.717, 1.165) is 27.5 Å². The van der Waals surface area contributed by atoms with Gasteiger partial charge in [0.2, 0.25) is 0 Å². The first-order valence-electron chi connectivity index (χ1n) is 7.09. The zero-order valence-electron chi connectivity index (χ0n) is 13.1. The number of nitrogens with one attached hydrogen (secondary N) is 1. The van der Waals surface area contributed by atoms with Gasteiger partial charge in [-0.2, -0.15) is 0 Å². The Morgan fingerprint density at radius 3 is 2.46 bits per heavy atom. The van der Waals surface area contributed by atoms with E-state index in [1.54, 1.807) is 0 Å². The van der Waals surface area contributed by atoms with Crippen molar-refractivity contribution in [1.82, 2.24) is 9.13 Å². The molecule has 0 unspecified atom stereocenters. The Balaban J connectivity index is 2.12. The molecule has 0 atom stereocenters. The summed E-state index contributed by atoms with van der Waals surface area (Å²) in [5, 5.41) is 20.8. The van der Waals surface area contributed by atoms with E-state index in [1.807, 2.05) is 0 Å². The number of carbonyl (C=O) groups is 1. The molecule has 8 nitrogen and oxygen atoms in total. The number of aromatic hydroxyl groups is 1. The van der Waals surface area contributed by atoms with E-state index in [2.05, 4.69) is 5.32 Å². The minimum absolute atomic E-state index is 0.0354. The van der Waals surface area contributed by atoms with Crippen LogP contribution in [0.5, 0.6) is 5.75 Å². The fourth-order valence-electron chi connectivity index (χ4n) is 2.40. The standard InChI is InChI=1S/C15H11F2N3O5S/c1-19-12-11(26-9(4-18-12)14(23)24)13(22)20(15(19)25)5-6-2-7(16)10(21)8(17)3-6/h2-4,18,21H,5H2,1H3,(H,23,24). The number of aliphatic carboxylic acids is 1. The average Bonchev–Trinajstić information content (AvgIpc) is 2.60. The lowest BCUT2D eigenvalue weighted by molar-refractivity contribution is -0.131. The Morgan fingerprint density at radius 2 is 1.88 bits per heavy atom. The van der Waals surface area contributed by atoms with Crippen LogP contribution in [-0.2, 0) is 18.4 Å². The van der Waals surface area contributed by atoms with Crippen LogP contribution in [0.25, 0.3) is 0 Å². The third kappa shape index (κ3) is 2.86. The molecule has 11 heteroatoms. The summed E-state index contributed by atoms with van der Waals surface area (Å²) in [7, 11) is 1.36. The van der Waals surface area contributed by atoms with Crippen molar-refractivity contribution in [3.63, 3.8) is 0 Å². The number of phenolic OH excluding ortho intramolecular Hbond substituents is 1. The highest BCUT2D eigenvalue weighted by atomic mass is 32.2. The third-order valence-electron chi connectivity index (χ3n) is 3.69. The van der Waals surface area contributed by atoms with E-state index in [9.17, 15) is 23.2 Å². The first-order valence-corrected chi connectivity index (χ1v) is 7.91. The van der Waals surface area contributed by atoms with E-state index in [1.165, 1.54) is 7.05 Å². The van der Waals surface area contributed by atoms with E-state index >= 15 is 0 Å². The molecule has 1 aromatic carbocycles. The molecule has 1 aliphatic heterocycles. The highest BCUT2D eigenvalue weighted by molar-refractivity contribution is 8.04. The highest BCUT2D eigenvalue weighted by Gasteiger charge is 2.25. The molecule has 0 aliphatic carbocycles. The number of carboxylic acid groups (broad SMARTS) is 1. The number of hydrogen-bond acceptors (Lipinski definition) is 6. The summed E-state index contributed by atoms with van der Waals surface area (Å²) in [5.74, 6) is -4.75. The van der Waals surface area contributed by atoms with Crippen LogP contribution in [0.4, 0.5) is 14.6 Å². The lowest BCUT2D eigenvalue weighted by Gasteiger charge is -2.19. The fourth-order valence-corrected chi connectivity index (χ4v) is 3.32. The van der Waals surface area contributed by atoms with Crippen LogP contribution in [0, 0.1) is 11.6 Å². The summed E-state index contributed by atoms with van der Waals surface area (Å²) in [4.78, 5) is 36.0. The maximum Gasteiger partial charge on any atom is 0.344 e. The van der Waals surface area contributed by atoms with Gasteiger partial charge in [0.25, 0.3) is 5.56 Å². The number of thioether (sulfide) groups is 1. The first-order chi connectivity index (χ1) is 12.2. The maximum absolute atomic E-state index is 13.5. The summed E-state index contributed by atoms with van der Waals surface area (Å²) >= 11 is 0.666. The Morgan fingerprint density at radius 1 is 1.27 bits per heavy atom. The van der Waals surface area contributed by atoms with Gasteiger partial charge in [-0.15, -0.1) is 0 Å². The molecular formula is C15H11F2N3O5S. The molecule has 0 amide bonds. The minimum Gasteiger partial charge on any atom is -0.503 e. The Labute approximate surface area is 148 Å². The largest absolute Gasteiger partial charge is 0.503 e. The maximum atomic E-state index is 13.5. The average molecular weight is 383 g/mol. The molecule has 2 aromatic rings. The van der Waals surface area contributed by atoms with Crippen molar-refractivity contribution >= 4 is 23.5 Å². The third-order valence-corrected chi connectivity index (χ3v) is 4.77. The van der Waals surface area contributed by atoms with Gasteiger partial charge >= 0.3 is 11.7 Å². The molecule has 1 aromatic heterocycles. The fraction of sp³-hybridized carbons (Fsp3) is 0.133. The predicted molar refractivity (Wildman–Crippen MR) is 88.3 cm³/mol. The lowest BCUT2D eigenvalue weighted by Crippen LogP contribution is -2.41. The summed E-state index contributed by atoms with van der Waals surface area (Å²) < 4.78 is 28.8. The number of phenols is 1. The van der Waals surface area contributed by atoms with Crippen LogP contribution in [0.15, 0.2) is 37.7 Å². The van der Waals surface area contributed by atoms with Crippen molar-refractivity contribution in [3.8, 4) is 5.75 Å². The van der Waals surface area contributed by atoms with Crippen molar-refractivity contribution in [2.45, 2.75) is 11.4 Å². The van der Waals surface area contributed by atoms with Gasteiger partial charge in [0.05, 0.1) is 6.54 Å². The molecule has 0 saturated carbocycles. The van der Waals surface area contributed by atoms with E-state index in [0.29, 0.717) is 11.8 Å². The van der Waals surface area contributed by atoms with Crippen LogP contribution in [-0.4, -0.2) is 25.3 Å². The van der Waals surface area contributed by atoms with Crippen LogP contribution < -0.4 is 16.6 Å². The number of halogens is 2. The van der Waals surface area contributed by atoms with Crippen molar-refractivity contribution in [1.29, 1.82) is 0 Å². The normalized spacial score (nSPS) is 13.0.